The molecule has 1 saturated heterocycles. The lowest BCUT2D eigenvalue weighted by atomic mass is 9.88. The zero-order valence-electron chi connectivity index (χ0n) is 14.7. The zero-order chi connectivity index (χ0) is 19.2. The number of hydrogen-bond donors (Lipinski definition) is 2. The molecule has 4 heterocycles. The van der Waals surface area contributed by atoms with Crippen molar-refractivity contribution in [1.29, 1.82) is 0 Å². The van der Waals surface area contributed by atoms with E-state index in [0.717, 1.165) is 22.2 Å². The number of aromatic amines is 1. The number of aliphatic carboxylic acids is 1. The third kappa shape index (κ3) is 2.90. The van der Waals surface area contributed by atoms with Crippen molar-refractivity contribution in [3.8, 4) is 11.1 Å². The minimum atomic E-state index is -3.36. The Labute approximate surface area is 155 Å². The van der Waals surface area contributed by atoms with E-state index >= 15 is 0 Å². The third-order valence-electron chi connectivity index (χ3n) is 5.01. The van der Waals surface area contributed by atoms with Crippen LogP contribution in [0.2, 0.25) is 0 Å². The van der Waals surface area contributed by atoms with Crippen LogP contribution in [0.25, 0.3) is 22.2 Å². The quantitative estimate of drug-likeness (QED) is 0.655. The van der Waals surface area contributed by atoms with Gasteiger partial charge in [-0.2, -0.15) is 9.40 Å². The van der Waals surface area contributed by atoms with Gasteiger partial charge >= 0.3 is 5.97 Å². The predicted molar refractivity (Wildman–Crippen MR) is 98.6 cm³/mol. The number of carbonyl (C=O) groups is 1. The summed E-state index contributed by atoms with van der Waals surface area (Å²) in [6.45, 7) is 1.78. The highest BCUT2D eigenvalue weighted by molar-refractivity contribution is 7.89. The number of pyridine rings is 1. The maximum Gasteiger partial charge on any atom is 0.305 e. The average Bonchev–Trinajstić information content (AvgIpc) is 3.24. The summed E-state index contributed by atoms with van der Waals surface area (Å²) in [4.78, 5) is 18.8. The molecule has 3 aromatic heterocycles. The molecule has 0 radical (unpaired) electrons. The fraction of sp³-hybridized carbons (Fsp3) is 0.353. The topological polar surface area (TPSA) is 121 Å². The number of H-pyrrole nitrogens is 1. The van der Waals surface area contributed by atoms with Gasteiger partial charge in [-0.1, -0.05) is 0 Å². The second kappa shape index (κ2) is 6.17. The van der Waals surface area contributed by atoms with Crippen molar-refractivity contribution in [2.75, 3.05) is 18.8 Å². The monoisotopic (exact) mass is 389 g/mol. The van der Waals surface area contributed by atoms with Gasteiger partial charge in [0.25, 0.3) is 0 Å². The molecule has 0 saturated carbocycles. The molecule has 0 amide bonds. The maximum absolute atomic E-state index is 12.1. The highest BCUT2D eigenvalue weighted by Gasteiger charge is 2.51. The van der Waals surface area contributed by atoms with Crippen LogP contribution in [0, 0.1) is 0 Å². The van der Waals surface area contributed by atoms with Crippen molar-refractivity contribution in [2.45, 2.75) is 18.9 Å². The number of aromatic nitrogens is 4. The van der Waals surface area contributed by atoms with E-state index < -0.39 is 21.5 Å². The third-order valence-corrected chi connectivity index (χ3v) is 6.79. The SMILES string of the molecule is CCS(=O)(=O)N1CC(CC(=O)O)(n2cc(-c3c[nH]c4ncccc34)cn2)C1. The second-order valence-electron chi connectivity index (χ2n) is 6.74. The molecule has 1 fully saturated rings. The van der Waals surface area contributed by atoms with E-state index in [9.17, 15) is 18.3 Å². The molecule has 3 aromatic rings. The number of rotatable bonds is 6. The summed E-state index contributed by atoms with van der Waals surface area (Å²) in [5.41, 5.74) is 1.60. The normalized spacial score (nSPS) is 17.1. The number of nitrogens with zero attached hydrogens (tertiary/aromatic N) is 4. The molecule has 10 heteroatoms. The van der Waals surface area contributed by atoms with Crippen molar-refractivity contribution >= 4 is 27.0 Å². The molecule has 1 aliphatic rings. The summed E-state index contributed by atoms with van der Waals surface area (Å²) in [6.07, 6.45) is 6.77. The standard InChI is InChI=1S/C17H19N5O4S/c1-2-27(25,26)21-10-17(11-21,6-15(23)24)22-9-12(7-20-22)14-8-19-16-13(14)4-3-5-18-16/h3-5,7-9H,2,6,10-11H2,1H3,(H,18,19)(H,23,24). The Morgan fingerprint density at radius 3 is 2.89 bits per heavy atom. The van der Waals surface area contributed by atoms with Gasteiger partial charge < -0.3 is 10.1 Å². The first-order chi connectivity index (χ1) is 12.8. The first-order valence-corrected chi connectivity index (χ1v) is 10.1. The summed E-state index contributed by atoms with van der Waals surface area (Å²) in [6, 6.07) is 3.78. The van der Waals surface area contributed by atoms with Gasteiger partial charge in [-0.25, -0.2) is 13.4 Å². The number of hydrogen-bond acceptors (Lipinski definition) is 5. The lowest BCUT2D eigenvalue weighted by Gasteiger charge is -2.48. The maximum atomic E-state index is 12.1. The van der Waals surface area contributed by atoms with Gasteiger partial charge in [0.15, 0.2) is 0 Å². The van der Waals surface area contributed by atoms with Crippen molar-refractivity contribution in [3.05, 3.63) is 36.9 Å². The average molecular weight is 389 g/mol. The molecule has 142 valence electrons. The summed E-state index contributed by atoms with van der Waals surface area (Å²) in [5.74, 6) is -1.00. The van der Waals surface area contributed by atoms with Gasteiger partial charge in [0.1, 0.15) is 11.2 Å². The van der Waals surface area contributed by atoms with Crippen molar-refractivity contribution in [1.82, 2.24) is 24.1 Å². The second-order valence-corrected chi connectivity index (χ2v) is 9.00. The number of carboxylic acids is 1. The van der Waals surface area contributed by atoms with Crippen molar-refractivity contribution in [2.24, 2.45) is 0 Å². The Morgan fingerprint density at radius 2 is 2.19 bits per heavy atom. The van der Waals surface area contributed by atoms with Gasteiger partial charge in [0, 0.05) is 48.2 Å². The van der Waals surface area contributed by atoms with Crippen LogP contribution in [0.3, 0.4) is 0 Å². The van der Waals surface area contributed by atoms with E-state index in [1.165, 1.54) is 4.31 Å². The molecule has 0 atom stereocenters. The summed E-state index contributed by atoms with van der Waals surface area (Å²) >= 11 is 0. The fourth-order valence-electron chi connectivity index (χ4n) is 3.52. The number of fused-ring (bicyclic) bond motifs is 1. The van der Waals surface area contributed by atoms with Gasteiger partial charge in [-0.15, -0.1) is 0 Å². The molecule has 9 nitrogen and oxygen atoms in total. The highest BCUT2D eigenvalue weighted by Crippen LogP contribution is 2.36. The molecule has 0 aromatic carbocycles. The Kier molecular flexibility index (Phi) is 4.04. The fourth-order valence-corrected chi connectivity index (χ4v) is 4.76. The molecule has 0 unspecified atom stereocenters. The zero-order valence-corrected chi connectivity index (χ0v) is 15.5. The molecule has 4 rings (SSSR count). The van der Waals surface area contributed by atoms with E-state index in [1.54, 1.807) is 30.2 Å². The van der Waals surface area contributed by atoms with Crippen LogP contribution in [-0.2, 0) is 20.4 Å². The minimum Gasteiger partial charge on any atom is -0.481 e. The molecule has 0 aliphatic carbocycles. The van der Waals surface area contributed by atoms with E-state index in [-0.39, 0.29) is 25.3 Å². The summed E-state index contributed by atoms with van der Waals surface area (Å²) in [7, 11) is -3.36. The predicted octanol–water partition coefficient (Wildman–Crippen LogP) is 1.26. The molecule has 2 N–H and O–H groups in total. The van der Waals surface area contributed by atoms with Crippen LogP contribution in [0.1, 0.15) is 13.3 Å². The highest BCUT2D eigenvalue weighted by atomic mass is 32.2. The first kappa shape index (κ1) is 17.7. The Hall–Kier alpha value is -2.72. The lowest BCUT2D eigenvalue weighted by molar-refractivity contribution is -0.141. The van der Waals surface area contributed by atoms with E-state index in [1.807, 2.05) is 18.3 Å². The first-order valence-electron chi connectivity index (χ1n) is 8.52. The van der Waals surface area contributed by atoms with E-state index in [0.29, 0.717) is 0 Å². The van der Waals surface area contributed by atoms with Gasteiger partial charge in [0.2, 0.25) is 10.0 Å². The number of sulfonamides is 1. The van der Waals surface area contributed by atoms with Crippen molar-refractivity contribution in [3.63, 3.8) is 0 Å². The van der Waals surface area contributed by atoms with Crippen molar-refractivity contribution < 1.29 is 18.3 Å². The largest absolute Gasteiger partial charge is 0.481 e. The molecular formula is C17H19N5O4S. The summed E-state index contributed by atoms with van der Waals surface area (Å²) in [5, 5.41) is 14.6. The Bertz CT molecular complexity index is 1110. The van der Waals surface area contributed by atoms with Crippen LogP contribution < -0.4 is 0 Å². The summed E-state index contributed by atoms with van der Waals surface area (Å²) < 4.78 is 27.0. The molecule has 0 spiro atoms. The van der Waals surface area contributed by atoms with Crippen LogP contribution in [-0.4, -0.2) is 62.4 Å². The number of nitrogens with one attached hydrogen (secondary N) is 1. The molecule has 1 aliphatic heterocycles. The minimum absolute atomic E-state index is 0.0111. The van der Waals surface area contributed by atoms with Crippen LogP contribution >= 0.6 is 0 Å². The Balaban J connectivity index is 1.68. The smallest absolute Gasteiger partial charge is 0.305 e. The Morgan fingerprint density at radius 1 is 1.41 bits per heavy atom. The van der Waals surface area contributed by atoms with Crippen LogP contribution in [0.4, 0.5) is 0 Å². The molecule has 27 heavy (non-hydrogen) atoms. The van der Waals surface area contributed by atoms with Gasteiger partial charge in [-0.05, 0) is 19.1 Å². The van der Waals surface area contributed by atoms with Gasteiger partial charge in [-0.3, -0.25) is 9.48 Å². The molecular weight excluding hydrogens is 370 g/mol. The molecule has 0 bridgehead atoms. The number of carboxylic acid groups (broad SMARTS) is 1. The van der Waals surface area contributed by atoms with E-state index in [2.05, 4.69) is 15.1 Å². The lowest BCUT2D eigenvalue weighted by Crippen LogP contribution is -2.65. The van der Waals surface area contributed by atoms with E-state index in [4.69, 9.17) is 0 Å². The van der Waals surface area contributed by atoms with Crippen LogP contribution in [0.5, 0.6) is 0 Å². The van der Waals surface area contributed by atoms with Crippen LogP contribution in [0.15, 0.2) is 36.9 Å². The van der Waals surface area contributed by atoms with Gasteiger partial charge in [0.05, 0.1) is 18.4 Å².